The number of nitrogens with zero attached hydrogens (tertiary/aromatic N) is 1. The first-order valence-corrected chi connectivity index (χ1v) is 4.11. The maximum atomic E-state index is 11.1. The lowest BCUT2D eigenvalue weighted by Gasteiger charge is -2.27. The lowest BCUT2D eigenvalue weighted by Crippen LogP contribution is -2.57. The lowest BCUT2D eigenvalue weighted by molar-refractivity contribution is -0.128. The van der Waals surface area contributed by atoms with E-state index in [0.29, 0.717) is 0 Å². The third-order valence-electron chi connectivity index (χ3n) is 1.61. The first kappa shape index (κ1) is 9.94. The Balaban J connectivity index is 1.97. The largest absolute Gasteiger partial charge is 0.349 e. The number of hydrogen-bond donors (Lipinski definition) is 3. The van der Waals surface area contributed by atoms with Crippen LogP contribution < -0.4 is 16.1 Å². The molecule has 1 rings (SSSR count). The number of rotatable bonds is 5. The molecular weight excluding hydrogens is 172 g/mol. The molecule has 6 heteroatoms. The molecule has 0 radical (unpaired) electrons. The average Bonchev–Trinajstić information content (AvgIpc) is 2.06. The standard InChI is InChI=1S/C7H14N4O2/c1-8-5-10-13-4-7(12)11-6-2-9-3-6/h5-6,9H,2-4H2,1H3,(H,8,10)(H,11,12). The fourth-order valence-electron chi connectivity index (χ4n) is 0.857. The summed E-state index contributed by atoms with van der Waals surface area (Å²) in [6, 6.07) is 0.260. The summed E-state index contributed by atoms with van der Waals surface area (Å²) in [5.74, 6) is -0.122. The van der Waals surface area contributed by atoms with Crippen molar-refractivity contribution < 1.29 is 9.63 Å². The topological polar surface area (TPSA) is 74.8 Å². The van der Waals surface area contributed by atoms with Crippen molar-refractivity contribution in [3.63, 3.8) is 0 Å². The first-order chi connectivity index (χ1) is 6.33. The van der Waals surface area contributed by atoms with Crippen molar-refractivity contribution in [2.75, 3.05) is 26.7 Å². The van der Waals surface area contributed by atoms with E-state index < -0.39 is 0 Å². The van der Waals surface area contributed by atoms with Crippen LogP contribution >= 0.6 is 0 Å². The highest BCUT2D eigenvalue weighted by atomic mass is 16.6. The molecule has 1 aliphatic rings. The number of nitrogens with one attached hydrogen (secondary N) is 3. The summed E-state index contributed by atoms with van der Waals surface area (Å²) >= 11 is 0. The van der Waals surface area contributed by atoms with Crippen molar-refractivity contribution in [1.82, 2.24) is 16.1 Å². The highest BCUT2D eigenvalue weighted by Crippen LogP contribution is 1.89. The van der Waals surface area contributed by atoms with Gasteiger partial charge in [0.05, 0.1) is 6.04 Å². The highest BCUT2D eigenvalue weighted by Gasteiger charge is 2.18. The number of hydroxylamine groups is 1. The Labute approximate surface area is 76.7 Å². The van der Waals surface area contributed by atoms with Gasteiger partial charge < -0.3 is 10.6 Å². The molecule has 0 aromatic heterocycles. The summed E-state index contributed by atoms with van der Waals surface area (Å²) in [5, 5.41) is 5.83. The molecule has 1 fully saturated rings. The maximum Gasteiger partial charge on any atom is 0.249 e. The Morgan fingerprint density at radius 2 is 2.54 bits per heavy atom. The van der Waals surface area contributed by atoms with Crippen LogP contribution in [-0.2, 0) is 9.63 Å². The van der Waals surface area contributed by atoms with Crippen molar-refractivity contribution in [1.29, 1.82) is 0 Å². The summed E-state index contributed by atoms with van der Waals surface area (Å²) in [5.41, 5.74) is 2.41. The van der Waals surface area contributed by atoms with Crippen LogP contribution in [0.25, 0.3) is 0 Å². The third-order valence-corrected chi connectivity index (χ3v) is 1.61. The molecule has 0 aliphatic carbocycles. The Morgan fingerprint density at radius 3 is 3.08 bits per heavy atom. The zero-order valence-electron chi connectivity index (χ0n) is 7.54. The van der Waals surface area contributed by atoms with Gasteiger partial charge in [-0.2, -0.15) is 0 Å². The summed E-state index contributed by atoms with van der Waals surface area (Å²) in [6.45, 7) is 1.69. The van der Waals surface area contributed by atoms with E-state index in [4.69, 9.17) is 4.84 Å². The second kappa shape index (κ2) is 5.50. The van der Waals surface area contributed by atoms with Crippen LogP contribution in [0.5, 0.6) is 0 Å². The van der Waals surface area contributed by atoms with Crippen LogP contribution in [0.4, 0.5) is 0 Å². The molecule has 1 saturated heterocycles. The SMILES string of the molecule is CN=CNOCC(=O)NC1CNC1. The van der Waals surface area contributed by atoms with Crippen LogP contribution in [0.15, 0.2) is 4.99 Å². The van der Waals surface area contributed by atoms with Gasteiger partial charge in [0, 0.05) is 20.1 Å². The molecule has 13 heavy (non-hydrogen) atoms. The Kier molecular flexibility index (Phi) is 4.20. The van der Waals surface area contributed by atoms with Crippen LogP contribution in [0, 0.1) is 0 Å². The van der Waals surface area contributed by atoms with E-state index in [-0.39, 0.29) is 18.6 Å². The first-order valence-electron chi connectivity index (χ1n) is 4.11. The van der Waals surface area contributed by atoms with Crippen molar-refractivity contribution in [2.24, 2.45) is 4.99 Å². The predicted molar refractivity (Wildman–Crippen MR) is 48.3 cm³/mol. The second-order valence-corrected chi connectivity index (χ2v) is 2.72. The third kappa shape index (κ3) is 3.86. The molecule has 74 valence electrons. The van der Waals surface area contributed by atoms with Gasteiger partial charge in [-0.15, -0.1) is 0 Å². The summed E-state index contributed by atoms with van der Waals surface area (Å²) in [6.07, 6.45) is 1.37. The van der Waals surface area contributed by atoms with E-state index in [1.54, 1.807) is 7.05 Å². The second-order valence-electron chi connectivity index (χ2n) is 2.72. The quantitative estimate of drug-likeness (QED) is 0.206. The Hall–Kier alpha value is -1.14. The van der Waals surface area contributed by atoms with E-state index in [1.807, 2.05) is 0 Å². The van der Waals surface area contributed by atoms with Crippen molar-refractivity contribution in [2.45, 2.75) is 6.04 Å². The van der Waals surface area contributed by atoms with Gasteiger partial charge in [-0.3, -0.25) is 20.1 Å². The van der Waals surface area contributed by atoms with Crippen molar-refractivity contribution >= 4 is 12.2 Å². The minimum Gasteiger partial charge on any atom is -0.349 e. The number of aliphatic imine (C=N–C) groups is 1. The van der Waals surface area contributed by atoms with Gasteiger partial charge >= 0.3 is 0 Å². The van der Waals surface area contributed by atoms with Gasteiger partial charge in [0.25, 0.3) is 0 Å². The number of carbonyl (C=O) groups excluding carboxylic acids is 1. The fraction of sp³-hybridized carbons (Fsp3) is 0.714. The maximum absolute atomic E-state index is 11.1. The van der Waals surface area contributed by atoms with Crippen LogP contribution in [-0.4, -0.2) is 45.0 Å². The van der Waals surface area contributed by atoms with Crippen molar-refractivity contribution in [3.05, 3.63) is 0 Å². The van der Waals surface area contributed by atoms with Gasteiger partial charge in [0.15, 0.2) is 6.61 Å². The molecule has 6 nitrogen and oxygen atoms in total. The zero-order valence-corrected chi connectivity index (χ0v) is 7.54. The van der Waals surface area contributed by atoms with Gasteiger partial charge in [-0.1, -0.05) is 0 Å². The van der Waals surface area contributed by atoms with E-state index in [0.717, 1.165) is 13.1 Å². The molecule has 0 aromatic carbocycles. The Bertz CT molecular complexity index is 191. The molecular formula is C7H14N4O2. The Morgan fingerprint density at radius 1 is 1.77 bits per heavy atom. The number of amides is 1. The molecule has 1 heterocycles. The van der Waals surface area contributed by atoms with Crippen LogP contribution in [0.1, 0.15) is 0 Å². The van der Waals surface area contributed by atoms with E-state index in [2.05, 4.69) is 21.1 Å². The smallest absolute Gasteiger partial charge is 0.249 e. The van der Waals surface area contributed by atoms with Gasteiger partial charge in [0.2, 0.25) is 5.91 Å². The number of carbonyl (C=O) groups is 1. The minimum atomic E-state index is -0.122. The monoisotopic (exact) mass is 186 g/mol. The molecule has 1 aliphatic heterocycles. The minimum absolute atomic E-state index is 0.00250. The molecule has 0 spiro atoms. The lowest BCUT2D eigenvalue weighted by atomic mass is 10.2. The molecule has 0 aromatic rings. The van der Waals surface area contributed by atoms with Crippen molar-refractivity contribution in [3.8, 4) is 0 Å². The van der Waals surface area contributed by atoms with E-state index in [1.165, 1.54) is 6.34 Å². The highest BCUT2D eigenvalue weighted by molar-refractivity contribution is 5.77. The molecule has 0 atom stereocenters. The number of hydrogen-bond acceptors (Lipinski definition) is 4. The molecule has 0 unspecified atom stereocenters. The summed E-state index contributed by atoms with van der Waals surface area (Å²) < 4.78 is 0. The van der Waals surface area contributed by atoms with E-state index >= 15 is 0 Å². The van der Waals surface area contributed by atoms with E-state index in [9.17, 15) is 4.79 Å². The fourth-order valence-corrected chi connectivity index (χ4v) is 0.857. The van der Waals surface area contributed by atoms with Gasteiger partial charge in [-0.25, -0.2) is 0 Å². The average molecular weight is 186 g/mol. The molecule has 3 N–H and O–H groups in total. The van der Waals surface area contributed by atoms with Gasteiger partial charge in [-0.05, 0) is 0 Å². The zero-order chi connectivity index (χ0) is 9.52. The summed E-state index contributed by atoms with van der Waals surface area (Å²) in [4.78, 5) is 19.5. The van der Waals surface area contributed by atoms with Crippen LogP contribution in [0.3, 0.4) is 0 Å². The molecule has 1 amide bonds. The molecule has 0 bridgehead atoms. The normalized spacial score (nSPS) is 17.0. The van der Waals surface area contributed by atoms with Crippen LogP contribution in [0.2, 0.25) is 0 Å². The van der Waals surface area contributed by atoms with Gasteiger partial charge in [0.1, 0.15) is 6.34 Å². The predicted octanol–water partition coefficient (Wildman–Crippen LogP) is -1.75. The molecule has 0 saturated carbocycles. The summed E-state index contributed by atoms with van der Waals surface area (Å²) in [7, 11) is 1.61.